The van der Waals surface area contributed by atoms with Crippen LogP contribution in [0.2, 0.25) is 0 Å². The van der Waals surface area contributed by atoms with Crippen molar-refractivity contribution in [2.24, 2.45) is 0 Å². The Hall–Kier alpha value is -1.39. The summed E-state index contributed by atoms with van der Waals surface area (Å²) in [5, 5.41) is 12.7. The predicted molar refractivity (Wildman–Crippen MR) is 82.0 cm³/mol. The van der Waals surface area contributed by atoms with Gasteiger partial charge in [-0.3, -0.25) is 4.79 Å². The molecular weight excluding hydrogens is 264 g/mol. The number of hydrogen-bond acceptors (Lipinski definition) is 3. The number of amides is 1. The van der Waals surface area contributed by atoms with Crippen LogP contribution in [0.15, 0.2) is 30.3 Å². The number of piperidine rings is 1. The maximum Gasteiger partial charge on any atom is 0.239 e. The quantitative estimate of drug-likeness (QED) is 0.862. The lowest BCUT2D eigenvalue weighted by atomic mass is 9.76. The minimum Gasteiger partial charge on any atom is -0.392 e. The van der Waals surface area contributed by atoms with Gasteiger partial charge in [0, 0.05) is 25.0 Å². The van der Waals surface area contributed by atoms with Gasteiger partial charge in [-0.1, -0.05) is 37.3 Å². The second-order valence-electron chi connectivity index (χ2n) is 6.64. The van der Waals surface area contributed by atoms with Crippen LogP contribution in [0, 0.1) is 0 Å². The van der Waals surface area contributed by atoms with E-state index < -0.39 is 0 Å². The second-order valence-corrected chi connectivity index (χ2v) is 6.64. The number of carbonyl (C=O) groups excluding carboxylic acids is 1. The van der Waals surface area contributed by atoms with Crippen LogP contribution in [0.5, 0.6) is 0 Å². The average molecular weight is 288 g/mol. The van der Waals surface area contributed by atoms with E-state index in [2.05, 4.69) is 36.5 Å². The van der Waals surface area contributed by atoms with Crippen LogP contribution in [0.3, 0.4) is 0 Å². The van der Waals surface area contributed by atoms with Crippen molar-refractivity contribution in [2.45, 2.75) is 43.7 Å². The molecule has 4 nitrogen and oxygen atoms in total. The summed E-state index contributed by atoms with van der Waals surface area (Å²) < 4.78 is 0. The van der Waals surface area contributed by atoms with Gasteiger partial charge in [-0.15, -0.1) is 0 Å². The van der Waals surface area contributed by atoms with Gasteiger partial charge in [0.05, 0.1) is 12.1 Å². The monoisotopic (exact) mass is 288 g/mol. The van der Waals surface area contributed by atoms with E-state index in [0.717, 1.165) is 25.9 Å². The number of hydrogen-bond donors (Lipinski definition) is 2. The van der Waals surface area contributed by atoms with Crippen molar-refractivity contribution in [1.82, 2.24) is 10.2 Å². The minimum absolute atomic E-state index is 0.0341. The number of likely N-dealkylation sites (tertiary alicyclic amines) is 1. The molecule has 2 aliphatic rings. The number of β-amino-alcohol motifs (C(OH)–C–C–N with tert-alkyl or cyclic N) is 1. The first-order valence-corrected chi connectivity index (χ1v) is 7.84. The average Bonchev–Trinajstić information content (AvgIpc) is 2.94. The smallest absolute Gasteiger partial charge is 0.239 e. The summed E-state index contributed by atoms with van der Waals surface area (Å²) in [6, 6.07) is 10.3. The summed E-state index contributed by atoms with van der Waals surface area (Å²) >= 11 is 0. The number of benzene rings is 1. The molecule has 3 atom stereocenters. The zero-order valence-electron chi connectivity index (χ0n) is 12.6. The standard InChI is InChI=1S/C17H24N2O2/c1-17(13-6-3-2-4-7-13)8-5-9-19(12-17)16(21)15-10-14(20)11-18-15/h2-4,6-7,14-15,18,20H,5,8-12H2,1H3. The molecule has 0 bridgehead atoms. The third kappa shape index (κ3) is 2.97. The molecule has 0 aliphatic carbocycles. The van der Waals surface area contributed by atoms with E-state index in [0.29, 0.717) is 13.0 Å². The van der Waals surface area contributed by atoms with E-state index in [1.165, 1.54) is 5.56 Å². The molecule has 2 heterocycles. The Labute approximate surface area is 126 Å². The van der Waals surface area contributed by atoms with Gasteiger partial charge in [0.1, 0.15) is 0 Å². The summed E-state index contributed by atoms with van der Waals surface area (Å²) in [4.78, 5) is 14.6. The first kappa shape index (κ1) is 14.5. The number of aliphatic hydroxyl groups is 1. The van der Waals surface area contributed by atoms with Gasteiger partial charge in [0.15, 0.2) is 0 Å². The van der Waals surface area contributed by atoms with Gasteiger partial charge in [-0.2, -0.15) is 0 Å². The second kappa shape index (κ2) is 5.78. The van der Waals surface area contributed by atoms with Crippen molar-refractivity contribution in [2.75, 3.05) is 19.6 Å². The Kier molecular flexibility index (Phi) is 4.00. The van der Waals surface area contributed by atoms with E-state index in [4.69, 9.17) is 0 Å². The highest BCUT2D eigenvalue weighted by molar-refractivity contribution is 5.82. The maximum absolute atomic E-state index is 12.6. The fourth-order valence-corrected chi connectivity index (χ4v) is 3.63. The first-order chi connectivity index (χ1) is 10.1. The highest BCUT2D eigenvalue weighted by Crippen LogP contribution is 2.34. The minimum atomic E-state index is -0.385. The molecule has 0 radical (unpaired) electrons. The fraction of sp³-hybridized carbons (Fsp3) is 0.588. The molecule has 1 aromatic rings. The molecule has 114 valence electrons. The van der Waals surface area contributed by atoms with Crippen LogP contribution in [0.25, 0.3) is 0 Å². The van der Waals surface area contributed by atoms with Crippen LogP contribution < -0.4 is 5.32 Å². The Balaban J connectivity index is 1.72. The molecular formula is C17H24N2O2. The van der Waals surface area contributed by atoms with Gasteiger partial charge in [-0.25, -0.2) is 0 Å². The van der Waals surface area contributed by atoms with E-state index >= 15 is 0 Å². The van der Waals surface area contributed by atoms with Gasteiger partial charge < -0.3 is 15.3 Å². The SMILES string of the molecule is CC1(c2ccccc2)CCCN(C(=O)C2CC(O)CN2)C1. The Morgan fingerprint density at radius 1 is 1.38 bits per heavy atom. The van der Waals surface area contributed by atoms with Crippen LogP contribution in [0.1, 0.15) is 31.7 Å². The Morgan fingerprint density at radius 3 is 2.81 bits per heavy atom. The lowest BCUT2D eigenvalue weighted by Gasteiger charge is -2.41. The Bertz CT molecular complexity index is 505. The lowest BCUT2D eigenvalue weighted by molar-refractivity contribution is -0.135. The molecule has 2 saturated heterocycles. The van der Waals surface area contributed by atoms with Gasteiger partial charge in [0.25, 0.3) is 0 Å². The van der Waals surface area contributed by atoms with Crippen molar-refractivity contribution in [3.63, 3.8) is 0 Å². The number of rotatable bonds is 2. The number of nitrogens with zero attached hydrogens (tertiary/aromatic N) is 1. The molecule has 3 rings (SSSR count). The molecule has 2 N–H and O–H groups in total. The van der Waals surface area contributed by atoms with Crippen LogP contribution in [-0.2, 0) is 10.2 Å². The summed E-state index contributed by atoms with van der Waals surface area (Å²) in [7, 11) is 0. The van der Waals surface area contributed by atoms with Crippen LogP contribution >= 0.6 is 0 Å². The third-order valence-electron chi connectivity index (χ3n) is 4.88. The molecule has 21 heavy (non-hydrogen) atoms. The highest BCUT2D eigenvalue weighted by Gasteiger charge is 2.38. The predicted octanol–water partition coefficient (Wildman–Crippen LogP) is 1.29. The normalized spacial score (nSPS) is 33.1. The molecule has 3 unspecified atom stereocenters. The maximum atomic E-state index is 12.6. The van der Waals surface area contributed by atoms with Crippen molar-refractivity contribution >= 4 is 5.91 Å². The molecule has 2 aliphatic heterocycles. The zero-order chi connectivity index (χ0) is 14.9. The molecule has 1 aromatic carbocycles. The number of aliphatic hydroxyl groups excluding tert-OH is 1. The highest BCUT2D eigenvalue weighted by atomic mass is 16.3. The van der Waals surface area contributed by atoms with Crippen molar-refractivity contribution in [3.05, 3.63) is 35.9 Å². The lowest BCUT2D eigenvalue weighted by Crippen LogP contribution is -2.52. The van der Waals surface area contributed by atoms with E-state index in [9.17, 15) is 9.90 Å². The van der Waals surface area contributed by atoms with Gasteiger partial charge >= 0.3 is 0 Å². The largest absolute Gasteiger partial charge is 0.392 e. The topological polar surface area (TPSA) is 52.6 Å². The first-order valence-electron chi connectivity index (χ1n) is 7.84. The van der Waals surface area contributed by atoms with Gasteiger partial charge in [-0.05, 0) is 24.8 Å². The molecule has 0 spiro atoms. The zero-order valence-corrected chi connectivity index (χ0v) is 12.6. The molecule has 0 saturated carbocycles. The van der Waals surface area contributed by atoms with Crippen molar-refractivity contribution in [3.8, 4) is 0 Å². The number of carbonyl (C=O) groups is 1. The van der Waals surface area contributed by atoms with Crippen LogP contribution in [-0.4, -0.2) is 47.7 Å². The molecule has 1 amide bonds. The van der Waals surface area contributed by atoms with Gasteiger partial charge in [0.2, 0.25) is 5.91 Å². The summed E-state index contributed by atoms with van der Waals surface area (Å²) in [6.07, 6.45) is 2.30. The molecule has 4 heteroatoms. The molecule has 2 fully saturated rings. The molecule has 0 aromatic heterocycles. The fourth-order valence-electron chi connectivity index (χ4n) is 3.63. The van der Waals surface area contributed by atoms with E-state index in [-0.39, 0.29) is 23.5 Å². The van der Waals surface area contributed by atoms with E-state index in [1.807, 2.05) is 11.0 Å². The Morgan fingerprint density at radius 2 is 2.14 bits per heavy atom. The van der Waals surface area contributed by atoms with E-state index in [1.54, 1.807) is 0 Å². The summed E-state index contributed by atoms with van der Waals surface area (Å²) in [5.41, 5.74) is 1.34. The van der Waals surface area contributed by atoms with Crippen LogP contribution in [0.4, 0.5) is 0 Å². The summed E-state index contributed by atoms with van der Waals surface area (Å²) in [6.45, 7) is 4.37. The number of nitrogens with one attached hydrogen (secondary N) is 1. The van der Waals surface area contributed by atoms with Crippen molar-refractivity contribution in [1.29, 1.82) is 0 Å². The summed E-state index contributed by atoms with van der Waals surface area (Å²) in [5.74, 6) is 0.147. The van der Waals surface area contributed by atoms with Crippen molar-refractivity contribution < 1.29 is 9.90 Å². The third-order valence-corrected chi connectivity index (χ3v) is 4.88.